The van der Waals surface area contributed by atoms with Crippen LogP contribution >= 0.6 is 0 Å². The lowest BCUT2D eigenvalue weighted by atomic mass is 10.2. The molecule has 5 nitrogen and oxygen atoms in total. The molecule has 0 spiro atoms. The van der Waals surface area contributed by atoms with E-state index in [1.807, 2.05) is 31.2 Å². The van der Waals surface area contributed by atoms with Crippen LogP contribution in [0, 0.1) is 0 Å². The monoisotopic (exact) mass is 263 g/mol. The summed E-state index contributed by atoms with van der Waals surface area (Å²) in [6, 6.07) is 7.39. The summed E-state index contributed by atoms with van der Waals surface area (Å²) in [5, 5.41) is 2.82. The molecule has 0 aliphatic carbocycles. The Morgan fingerprint density at radius 1 is 1.37 bits per heavy atom. The molecule has 1 saturated heterocycles. The first-order valence-electron chi connectivity index (χ1n) is 6.70. The second-order valence-electron chi connectivity index (χ2n) is 4.65. The minimum atomic E-state index is -0.445. The van der Waals surface area contributed by atoms with Gasteiger partial charge in [-0.3, -0.25) is 4.79 Å². The Bertz CT molecular complexity index is 413. The van der Waals surface area contributed by atoms with E-state index in [9.17, 15) is 4.79 Å². The summed E-state index contributed by atoms with van der Waals surface area (Å²) >= 11 is 0. The molecule has 0 unspecified atom stereocenters. The molecule has 1 heterocycles. The maximum atomic E-state index is 11.7. The van der Waals surface area contributed by atoms with Gasteiger partial charge in [0.05, 0.1) is 19.3 Å². The first-order chi connectivity index (χ1) is 9.20. The second kappa shape index (κ2) is 6.54. The lowest BCUT2D eigenvalue weighted by Gasteiger charge is -2.28. The van der Waals surface area contributed by atoms with E-state index in [-0.39, 0.29) is 5.91 Å². The van der Waals surface area contributed by atoms with Crippen molar-refractivity contribution < 1.29 is 9.53 Å². The Morgan fingerprint density at radius 2 is 2.00 bits per heavy atom. The van der Waals surface area contributed by atoms with Crippen molar-refractivity contribution in [1.82, 2.24) is 0 Å². The molecule has 1 amide bonds. The molecule has 1 aliphatic rings. The van der Waals surface area contributed by atoms with Crippen LogP contribution in [0.25, 0.3) is 0 Å². The maximum Gasteiger partial charge on any atom is 0.241 e. The number of rotatable bonds is 4. The second-order valence-corrected chi connectivity index (χ2v) is 4.65. The zero-order valence-corrected chi connectivity index (χ0v) is 11.3. The minimum Gasteiger partial charge on any atom is -0.378 e. The van der Waals surface area contributed by atoms with Crippen molar-refractivity contribution in [3.63, 3.8) is 0 Å². The molecular formula is C14H21N3O2. The number of benzene rings is 1. The highest BCUT2D eigenvalue weighted by atomic mass is 16.5. The van der Waals surface area contributed by atoms with E-state index in [1.54, 1.807) is 0 Å². The quantitative estimate of drug-likeness (QED) is 0.856. The fourth-order valence-corrected chi connectivity index (χ4v) is 2.00. The van der Waals surface area contributed by atoms with Gasteiger partial charge < -0.3 is 20.7 Å². The number of nitrogens with zero attached hydrogens (tertiary/aromatic N) is 1. The third-order valence-electron chi connectivity index (χ3n) is 3.29. The standard InChI is InChI=1S/C14H21N3O2/c1-2-13(15)14(18)16-11-3-5-12(6-4-11)17-7-9-19-10-8-17/h3-6,13H,2,7-10,15H2,1H3,(H,16,18)/t13-/m1/s1. The Hall–Kier alpha value is -1.59. The van der Waals surface area contributed by atoms with E-state index in [2.05, 4.69) is 10.2 Å². The van der Waals surface area contributed by atoms with E-state index < -0.39 is 6.04 Å². The molecule has 5 heteroatoms. The number of nitrogens with two attached hydrogens (primary N) is 1. The zero-order chi connectivity index (χ0) is 13.7. The number of hydrogen-bond acceptors (Lipinski definition) is 4. The van der Waals surface area contributed by atoms with Crippen LogP contribution in [0.3, 0.4) is 0 Å². The number of amides is 1. The van der Waals surface area contributed by atoms with E-state index in [0.29, 0.717) is 6.42 Å². The first-order valence-corrected chi connectivity index (χ1v) is 6.70. The molecule has 1 aromatic carbocycles. The average molecular weight is 263 g/mol. The van der Waals surface area contributed by atoms with Crippen molar-refractivity contribution in [3.8, 4) is 0 Å². The highest BCUT2D eigenvalue weighted by molar-refractivity contribution is 5.94. The molecule has 1 fully saturated rings. The molecule has 0 radical (unpaired) electrons. The van der Waals surface area contributed by atoms with Crippen molar-refractivity contribution in [3.05, 3.63) is 24.3 Å². The first kappa shape index (κ1) is 13.8. The molecule has 19 heavy (non-hydrogen) atoms. The Labute approximate surface area is 113 Å². The molecule has 1 aromatic rings. The van der Waals surface area contributed by atoms with Gasteiger partial charge in [-0.05, 0) is 30.7 Å². The fourth-order valence-electron chi connectivity index (χ4n) is 2.00. The summed E-state index contributed by atoms with van der Waals surface area (Å²) in [4.78, 5) is 13.9. The van der Waals surface area contributed by atoms with Gasteiger partial charge in [-0.15, -0.1) is 0 Å². The number of carbonyl (C=O) groups excluding carboxylic acids is 1. The molecule has 0 aromatic heterocycles. The van der Waals surface area contributed by atoms with Gasteiger partial charge in [0.15, 0.2) is 0 Å². The predicted molar refractivity (Wildman–Crippen MR) is 76.4 cm³/mol. The number of nitrogens with one attached hydrogen (secondary N) is 1. The topological polar surface area (TPSA) is 67.6 Å². The number of hydrogen-bond donors (Lipinski definition) is 2. The molecular weight excluding hydrogens is 242 g/mol. The molecule has 2 rings (SSSR count). The van der Waals surface area contributed by atoms with Crippen LogP contribution in [0.15, 0.2) is 24.3 Å². The van der Waals surface area contributed by atoms with Crippen molar-refractivity contribution in [1.29, 1.82) is 0 Å². The summed E-state index contributed by atoms with van der Waals surface area (Å²) in [5.74, 6) is -0.137. The molecule has 0 saturated carbocycles. The Balaban J connectivity index is 1.96. The van der Waals surface area contributed by atoms with Gasteiger partial charge in [-0.2, -0.15) is 0 Å². The van der Waals surface area contributed by atoms with Gasteiger partial charge in [0.25, 0.3) is 0 Å². The highest BCUT2D eigenvalue weighted by Gasteiger charge is 2.13. The van der Waals surface area contributed by atoms with Crippen LogP contribution in [-0.4, -0.2) is 38.3 Å². The minimum absolute atomic E-state index is 0.137. The van der Waals surface area contributed by atoms with E-state index in [0.717, 1.165) is 37.7 Å². The summed E-state index contributed by atoms with van der Waals surface area (Å²) in [6.45, 7) is 5.25. The average Bonchev–Trinajstić information content (AvgIpc) is 2.48. The predicted octanol–water partition coefficient (Wildman–Crippen LogP) is 1.20. The molecule has 104 valence electrons. The SMILES string of the molecule is CC[C@@H](N)C(=O)Nc1ccc(N2CCOCC2)cc1. The summed E-state index contributed by atoms with van der Waals surface area (Å²) in [6.07, 6.45) is 0.637. The van der Waals surface area contributed by atoms with Gasteiger partial charge in [-0.25, -0.2) is 0 Å². The largest absolute Gasteiger partial charge is 0.378 e. The summed E-state index contributed by atoms with van der Waals surface area (Å²) in [5.41, 5.74) is 7.61. The van der Waals surface area contributed by atoms with Crippen LogP contribution in [0.4, 0.5) is 11.4 Å². The van der Waals surface area contributed by atoms with Gasteiger partial charge in [0.1, 0.15) is 0 Å². The fraction of sp³-hybridized carbons (Fsp3) is 0.500. The van der Waals surface area contributed by atoms with E-state index in [1.165, 1.54) is 0 Å². The highest BCUT2D eigenvalue weighted by Crippen LogP contribution is 2.19. The van der Waals surface area contributed by atoms with Crippen LogP contribution in [0.5, 0.6) is 0 Å². The lowest BCUT2D eigenvalue weighted by molar-refractivity contribution is -0.117. The number of carbonyl (C=O) groups is 1. The smallest absolute Gasteiger partial charge is 0.241 e. The summed E-state index contributed by atoms with van der Waals surface area (Å²) < 4.78 is 5.32. The van der Waals surface area contributed by atoms with Crippen LogP contribution in [0.2, 0.25) is 0 Å². The molecule has 3 N–H and O–H groups in total. The van der Waals surface area contributed by atoms with Gasteiger partial charge in [-0.1, -0.05) is 6.92 Å². The Morgan fingerprint density at radius 3 is 2.58 bits per heavy atom. The molecule has 1 atom stereocenters. The van der Waals surface area contributed by atoms with Crippen LogP contribution in [-0.2, 0) is 9.53 Å². The summed E-state index contributed by atoms with van der Waals surface area (Å²) in [7, 11) is 0. The third-order valence-corrected chi connectivity index (χ3v) is 3.29. The normalized spacial score (nSPS) is 17.1. The van der Waals surface area contributed by atoms with Crippen molar-refractivity contribution in [2.45, 2.75) is 19.4 Å². The van der Waals surface area contributed by atoms with Crippen molar-refractivity contribution >= 4 is 17.3 Å². The maximum absolute atomic E-state index is 11.7. The van der Waals surface area contributed by atoms with Crippen molar-refractivity contribution in [2.24, 2.45) is 5.73 Å². The van der Waals surface area contributed by atoms with E-state index in [4.69, 9.17) is 10.5 Å². The molecule has 0 bridgehead atoms. The number of morpholine rings is 1. The van der Waals surface area contributed by atoms with Crippen molar-refractivity contribution in [2.75, 3.05) is 36.5 Å². The van der Waals surface area contributed by atoms with Gasteiger partial charge >= 0.3 is 0 Å². The molecule has 1 aliphatic heterocycles. The number of anilines is 2. The van der Waals surface area contributed by atoms with E-state index >= 15 is 0 Å². The van der Waals surface area contributed by atoms with Gasteiger partial charge in [0.2, 0.25) is 5.91 Å². The van der Waals surface area contributed by atoms with Crippen LogP contribution < -0.4 is 16.0 Å². The van der Waals surface area contributed by atoms with Gasteiger partial charge in [0, 0.05) is 24.5 Å². The lowest BCUT2D eigenvalue weighted by Crippen LogP contribution is -2.36. The zero-order valence-electron chi connectivity index (χ0n) is 11.3. The van der Waals surface area contributed by atoms with Crippen LogP contribution in [0.1, 0.15) is 13.3 Å². The number of ether oxygens (including phenoxy) is 1. The Kier molecular flexibility index (Phi) is 4.76. The third kappa shape index (κ3) is 3.68.